The van der Waals surface area contributed by atoms with Gasteiger partial charge in [-0.15, -0.1) is 11.3 Å². The van der Waals surface area contributed by atoms with Crippen molar-refractivity contribution in [2.45, 2.75) is 25.8 Å². The highest BCUT2D eigenvalue weighted by Crippen LogP contribution is 2.28. The summed E-state index contributed by atoms with van der Waals surface area (Å²) < 4.78 is 13.0. The third kappa shape index (κ3) is 3.31. The molecular formula is C14H21N3O2S. The summed E-state index contributed by atoms with van der Waals surface area (Å²) in [6.07, 6.45) is 5.79. The molecule has 3 rings (SSSR count). The Hall–Kier alpha value is -1.11. The number of hydrogen-bond donors (Lipinski definition) is 1. The van der Waals surface area contributed by atoms with Gasteiger partial charge in [-0.3, -0.25) is 4.40 Å². The summed E-state index contributed by atoms with van der Waals surface area (Å²) in [5.74, 6) is 1.57. The summed E-state index contributed by atoms with van der Waals surface area (Å²) in [6.45, 7) is 3.52. The first kappa shape index (κ1) is 13.9. The first-order valence-electron chi connectivity index (χ1n) is 7.15. The van der Waals surface area contributed by atoms with E-state index in [2.05, 4.69) is 14.7 Å². The van der Waals surface area contributed by atoms with E-state index < -0.39 is 0 Å². The Morgan fingerprint density at radius 1 is 1.50 bits per heavy atom. The average molecular weight is 295 g/mol. The summed E-state index contributed by atoms with van der Waals surface area (Å²) >= 11 is 1.62. The Bertz CT molecular complexity index is 548. The van der Waals surface area contributed by atoms with Gasteiger partial charge in [-0.05, 0) is 31.7 Å². The van der Waals surface area contributed by atoms with Crippen LogP contribution in [0, 0.1) is 5.92 Å². The van der Waals surface area contributed by atoms with E-state index in [0.717, 1.165) is 49.3 Å². The second kappa shape index (κ2) is 6.56. The zero-order valence-corrected chi connectivity index (χ0v) is 12.6. The molecule has 1 N–H and O–H groups in total. The predicted molar refractivity (Wildman–Crippen MR) is 79.5 cm³/mol. The number of hydrogen-bond acceptors (Lipinski definition) is 5. The molecule has 0 aliphatic heterocycles. The lowest BCUT2D eigenvalue weighted by molar-refractivity contribution is 0.122. The fourth-order valence-corrected chi connectivity index (χ4v) is 2.90. The van der Waals surface area contributed by atoms with Gasteiger partial charge in [-0.2, -0.15) is 4.98 Å². The molecule has 2 heterocycles. The lowest BCUT2D eigenvalue weighted by Crippen LogP contribution is -2.18. The lowest BCUT2D eigenvalue weighted by Gasteiger charge is -2.06. The normalized spacial score (nSPS) is 15.1. The number of rotatable bonds is 9. The van der Waals surface area contributed by atoms with E-state index in [1.165, 1.54) is 12.8 Å². The SMILES string of the molecule is COc1nc2sccn2c1CNCCCOCC1CC1. The van der Waals surface area contributed by atoms with Crippen LogP contribution in [0.5, 0.6) is 5.88 Å². The summed E-state index contributed by atoms with van der Waals surface area (Å²) in [5.41, 5.74) is 1.09. The number of methoxy groups -OCH3 is 1. The second-order valence-corrected chi connectivity index (χ2v) is 6.04. The van der Waals surface area contributed by atoms with Crippen LogP contribution >= 0.6 is 11.3 Å². The largest absolute Gasteiger partial charge is 0.480 e. The van der Waals surface area contributed by atoms with Gasteiger partial charge in [0.15, 0.2) is 4.96 Å². The van der Waals surface area contributed by atoms with E-state index in [0.29, 0.717) is 5.88 Å². The fourth-order valence-electron chi connectivity index (χ4n) is 2.18. The van der Waals surface area contributed by atoms with Crippen molar-refractivity contribution in [2.24, 2.45) is 5.92 Å². The summed E-state index contributed by atoms with van der Waals surface area (Å²) in [7, 11) is 1.67. The summed E-state index contributed by atoms with van der Waals surface area (Å²) in [4.78, 5) is 5.42. The molecule has 0 aromatic carbocycles. The van der Waals surface area contributed by atoms with Crippen molar-refractivity contribution in [2.75, 3.05) is 26.9 Å². The monoisotopic (exact) mass is 295 g/mol. The van der Waals surface area contributed by atoms with Crippen LogP contribution in [-0.2, 0) is 11.3 Å². The number of nitrogens with one attached hydrogen (secondary N) is 1. The average Bonchev–Trinajstić information content (AvgIpc) is 3.06. The van der Waals surface area contributed by atoms with Gasteiger partial charge in [0.1, 0.15) is 5.69 Å². The van der Waals surface area contributed by atoms with Gasteiger partial charge < -0.3 is 14.8 Å². The molecule has 2 aromatic rings. The number of aromatic nitrogens is 2. The second-order valence-electron chi connectivity index (χ2n) is 5.17. The van der Waals surface area contributed by atoms with E-state index in [1.54, 1.807) is 18.4 Å². The molecule has 0 amide bonds. The molecule has 0 saturated heterocycles. The van der Waals surface area contributed by atoms with Crippen LogP contribution in [0.3, 0.4) is 0 Å². The van der Waals surface area contributed by atoms with Gasteiger partial charge in [0, 0.05) is 31.3 Å². The minimum Gasteiger partial charge on any atom is -0.480 e. The molecule has 0 radical (unpaired) electrons. The molecule has 1 fully saturated rings. The van der Waals surface area contributed by atoms with Gasteiger partial charge in [-0.25, -0.2) is 0 Å². The maximum absolute atomic E-state index is 5.62. The quantitative estimate of drug-likeness (QED) is 0.721. The smallest absolute Gasteiger partial charge is 0.237 e. The Morgan fingerprint density at radius 3 is 3.20 bits per heavy atom. The molecule has 0 unspecified atom stereocenters. The molecule has 5 nitrogen and oxygen atoms in total. The molecule has 0 bridgehead atoms. The van der Waals surface area contributed by atoms with Gasteiger partial charge in [0.05, 0.1) is 7.11 Å². The third-order valence-electron chi connectivity index (χ3n) is 3.50. The van der Waals surface area contributed by atoms with Gasteiger partial charge in [-0.1, -0.05) is 0 Å². The standard InChI is InChI=1S/C14H21N3O2S/c1-18-13-12(17-6-8-20-14(17)16-13)9-15-5-2-7-19-10-11-3-4-11/h6,8,11,15H,2-5,7,9-10H2,1H3. The molecule has 6 heteroatoms. The first-order valence-corrected chi connectivity index (χ1v) is 8.03. The van der Waals surface area contributed by atoms with E-state index in [-0.39, 0.29) is 0 Å². The number of thiazole rings is 1. The first-order chi connectivity index (χ1) is 9.88. The highest BCUT2D eigenvalue weighted by molar-refractivity contribution is 7.15. The highest BCUT2D eigenvalue weighted by Gasteiger charge is 2.20. The van der Waals surface area contributed by atoms with Crippen LogP contribution < -0.4 is 10.1 Å². The van der Waals surface area contributed by atoms with E-state index in [9.17, 15) is 0 Å². The summed E-state index contributed by atoms with van der Waals surface area (Å²) in [5, 5.41) is 5.47. The molecule has 20 heavy (non-hydrogen) atoms. The molecule has 0 atom stereocenters. The van der Waals surface area contributed by atoms with Gasteiger partial charge in [0.25, 0.3) is 0 Å². The van der Waals surface area contributed by atoms with Crippen LogP contribution in [-0.4, -0.2) is 36.3 Å². The van der Waals surface area contributed by atoms with E-state index in [1.807, 2.05) is 11.6 Å². The maximum atomic E-state index is 5.62. The highest BCUT2D eigenvalue weighted by atomic mass is 32.1. The number of ether oxygens (including phenoxy) is 2. The van der Waals surface area contributed by atoms with Crippen molar-refractivity contribution in [3.8, 4) is 5.88 Å². The van der Waals surface area contributed by atoms with Gasteiger partial charge in [0.2, 0.25) is 5.88 Å². The minimum atomic E-state index is 0.717. The van der Waals surface area contributed by atoms with Gasteiger partial charge >= 0.3 is 0 Å². The maximum Gasteiger partial charge on any atom is 0.237 e. The number of imidazole rings is 1. The number of nitrogens with zero attached hydrogens (tertiary/aromatic N) is 2. The molecule has 1 aliphatic carbocycles. The van der Waals surface area contributed by atoms with Crippen molar-refractivity contribution in [3.63, 3.8) is 0 Å². The Morgan fingerprint density at radius 2 is 2.40 bits per heavy atom. The molecule has 110 valence electrons. The Labute approximate surface area is 122 Å². The van der Waals surface area contributed by atoms with E-state index >= 15 is 0 Å². The fraction of sp³-hybridized carbons (Fsp3) is 0.643. The van der Waals surface area contributed by atoms with E-state index in [4.69, 9.17) is 9.47 Å². The zero-order valence-electron chi connectivity index (χ0n) is 11.8. The van der Waals surface area contributed by atoms with Crippen molar-refractivity contribution in [1.29, 1.82) is 0 Å². The van der Waals surface area contributed by atoms with Crippen LogP contribution in [0.1, 0.15) is 25.0 Å². The number of fused-ring (bicyclic) bond motifs is 1. The van der Waals surface area contributed by atoms with Crippen LogP contribution in [0.15, 0.2) is 11.6 Å². The molecule has 1 saturated carbocycles. The Balaban J connectivity index is 1.40. The van der Waals surface area contributed by atoms with Crippen LogP contribution in [0.2, 0.25) is 0 Å². The van der Waals surface area contributed by atoms with Crippen LogP contribution in [0.25, 0.3) is 4.96 Å². The van der Waals surface area contributed by atoms with Crippen molar-refractivity contribution >= 4 is 16.3 Å². The third-order valence-corrected chi connectivity index (χ3v) is 4.26. The topological polar surface area (TPSA) is 47.8 Å². The van der Waals surface area contributed by atoms with Crippen molar-refractivity contribution in [1.82, 2.24) is 14.7 Å². The molecule has 0 spiro atoms. The Kier molecular flexibility index (Phi) is 4.54. The van der Waals surface area contributed by atoms with Crippen molar-refractivity contribution in [3.05, 3.63) is 17.3 Å². The molecule has 1 aliphatic rings. The molecule has 2 aromatic heterocycles. The predicted octanol–water partition coefficient (Wildman–Crippen LogP) is 2.31. The summed E-state index contributed by atoms with van der Waals surface area (Å²) in [6, 6.07) is 0. The van der Waals surface area contributed by atoms with Crippen molar-refractivity contribution < 1.29 is 9.47 Å². The minimum absolute atomic E-state index is 0.717. The zero-order chi connectivity index (χ0) is 13.8. The van der Waals surface area contributed by atoms with Crippen LogP contribution in [0.4, 0.5) is 0 Å². The molecular weight excluding hydrogens is 274 g/mol. The lowest BCUT2D eigenvalue weighted by atomic mass is 10.4.